The highest BCUT2D eigenvalue weighted by Gasteiger charge is 2.11. The zero-order valence-electron chi connectivity index (χ0n) is 11.7. The first-order valence-corrected chi connectivity index (χ1v) is 6.76. The van der Waals surface area contributed by atoms with Crippen LogP contribution in [-0.4, -0.2) is 24.4 Å². The van der Waals surface area contributed by atoms with Crippen molar-refractivity contribution < 1.29 is 5.11 Å². The molecule has 5 heteroatoms. The number of rotatable bonds is 4. The highest BCUT2D eigenvalue weighted by molar-refractivity contribution is 5.83. The fourth-order valence-electron chi connectivity index (χ4n) is 2.57. The predicted molar refractivity (Wildman–Crippen MR) is 77.4 cm³/mol. The molecule has 0 atom stereocenters. The molecule has 104 valence electrons. The van der Waals surface area contributed by atoms with Crippen molar-refractivity contribution in [3.63, 3.8) is 0 Å². The normalized spacial score (nSPS) is 11.6. The summed E-state index contributed by atoms with van der Waals surface area (Å²) < 4.78 is 4.04. The van der Waals surface area contributed by atoms with Gasteiger partial charge in [0.2, 0.25) is 0 Å². The quantitative estimate of drug-likeness (QED) is 0.791. The average molecular weight is 270 g/mol. The molecule has 1 N–H and O–H groups in total. The van der Waals surface area contributed by atoms with E-state index in [9.17, 15) is 5.11 Å². The van der Waals surface area contributed by atoms with Gasteiger partial charge in [0, 0.05) is 17.8 Å². The molecule has 0 radical (unpaired) electrons. The summed E-state index contributed by atoms with van der Waals surface area (Å²) in [6.45, 7) is 4.87. The first-order valence-electron chi connectivity index (χ1n) is 6.76. The molecule has 0 bridgehead atoms. The molecular formula is C15H18N4O. The summed E-state index contributed by atoms with van der Waals surface area (Å²) in [6, 6.07) is 8.32. The molecule has 0 aliphatic rings. The number of aliphatic hydroxyl groups is 1. The second kappa shape index (κ2) is 5.09. The number of benzene rings is 1. The number of hydrogen-bond acceptors (Lipinski definition) is 3. The Kier molecular flexibility index (Phi) is 3.28. The zero-order valence-corrected chi connectivity index (χ0v) is 11.7. The van der Waals surface area contributed by atoms with Crippen molar-refractivity contribution in [2.45, 2.75) is 33.0 Å². The van der Waals surface area contributed by atoms with Crippen LogP contribution in [0.4, 0.5) is 0 Å². The van der Waals surface area contributed by atoms with E-state index < -0.39 is 0 Å². The van der Waals surface area contributed by atoms with E-state index in [4.69, 9.17) is 0 Å². The standard InChI is InChI=1S/C15H18N4O/c1-11(2)19-14(16-10-17-19)8-18-7-6-12-4-3-5-13(9-20)15(12)18/h3-7,10-11,20H,8-9H2,1-2H3. The molecule has 1 aromatic carbocycles. The zero-order chi connectivity index (χ0) is 14.1. The van der Waals surface area contributed by atoms with E-state index in [1.54, 1.807) is 6.33 Å². The van der Waals surface area contributed by atoms with Crippen LogP contribution in [0, 0.1) is 0 Å². The van der Waals surface area contributed by atoms with Crippen LogP contribution < -0.4 is 0 Å². The van der Waals surface area contributed by atoms with Crippen LogP contribution in [0.15, 0.2) is 36.8 Å². The Labute approximate surface area is 117 Å². The van der Waals surface area contributed by atoms with Crippen LogP contribution in [0.3, 0.4) is 0 Å². The van der Waals surface area contributed by atoms with Crippen molar-refractivity contribution in [1.29, 1.82) is 0 Å². The van der Waals surface area contributed by atoms with Crippen molar-refractivity contribution in [3.8, 4) is 0 Å². The summed E-state index contributed by atoms with van der Waals surface area (Å²) in [6.07, 6.45) is 3.62. The third-order valence-corrected chi connectivity index (χ3v) is 3.49. The van der Waals surface area contributed by atoms with Gasteiger partial charge in [-0.3, -0.25) is 0 Å². The second-order valence-electron chi connectivity index (χ2n) is 5.17. The molecular weight excluding hydrogens is 252 g/mol. The first-order chi connectivity index (χ1) is 9.70. The number of fused-ring (bicyclic) bond motifs is 1. The lowest BCUT2D eigenvalue weighted by atomic mass is 10.1. The van der Waals surface area contributed by atoms with E-state index in [1.165, 1.54) is 0 Å². The number of para-hydroxylation sites is 1. The van der Waals surface area contributed by atoms with E-state index >= 15 is 0 Å². The maximum Gasteiger partial charge on any atom is 0.147 e. The van der Waals surface area contributed by atoms with Gasteiger partial charge in [-0.05, 0) is 25.3 Å². The number of aromatic nitrogens is 4. The molecule has 0 spiro atoms. The van der Waals surface area contributed by atoms with Crippen LogP contribution in [-0.2, 0) is 13.2 Å². The van der Waals surface area contributed by atoms with Gasteiger partial charge < -0.3 is 9.67 Å². The first kappa shape index (κ1) is 12.9. The fourth-order valence-corrected chi connectivity index (χ4v) is 2.57. The van der Waals surface area contributed by atoms with Crippen molar-refractivity contribution in [3.05, 3.63) is 48.2 Å². The van der Waals surface area contributed by atoms with E-state index in [0.717, 1.165) is 22.3 Å². The van der Waals surface area contributed by atoms with Gasteiger partial charge in [-0.1, -0.05) is 18.2 Å². The van der Waals surface area contributed by atoms with Crippen LogP contribution in [0.5, 0.6) is 0 Å². The molecule has 0 saturated carbocycles. The minimum atomic E-state index is 0.0399. The molecule has 0 amide bonds. The Morgan fingerprint density at radius 1 is 1.25 bits per heavy atom. The minimum absolute atomic E-state index is 0.0399. The number of hydrogen-bond donors (Lipinski definition) is 1. The Balaban J connectivity index is 2.05. The largest absolute Gasteiger partial charge is 0.392 e. The second-order valence-corrected chi connectivity index (χ2v) is 5.17. The van der Waals surface area contributed by atoms with Crippen molar-refractivity contribution in [2.75, 3.05) is 0 Å². The lowest BCUT2D eigenvalue weighted by molar-refractivity contribution is 0.283. The van der Waals surface area contributed by atoms with E-state index in [2.05, 4.69) is 40.6 Å². The van der Waals surface area contributed by atoms with E-state index in [-0.39, 0.29) is 12.6 Å². The molecule has 0 saturated heterocycles. The summed E-state index contributed by atoms with van der Waals surface area (Å²) in [7, 11) is 0. The third-order valence-electron chi connectivity index (χ3n) is 3.49. The Morgan fingerprint density at radius 3 is 2.85 bits per heavy atom. The van der Waals surface area contributed by atoms with Gasteiger partial charge in [-0.15, -0.1) is 0 Å². The molecule has 20 heavy (non-hydrogen) atoms. The van der Waals surface area contributed by atoms with Gasteiger partial charge in [0.15, 0.2) is 0 Å². The van der Waals surface area contributed by atoms with Gasteiger partial charge in [0.25, 0.3) is 0 Å². The lowest BCUT2D eigenvalue weighted by Crippen LogP contribution is -2.11. The highest BCUT2D eigenvalue weighted by Crippen LogP contribution is 2.21. The molecule has 0 aliphatic heterocycles. The minimum Gasteiger partial charge on any atom is -0.392 e. The molecule has 2 heterocycles. The van der Waals surface area contributed by atoms with Crippen molar-refractivity contribution >= 4 is 10.9 Å². The SMILES string of the molecule is CC(C)n1ncnc1Cn1ccc2cccc(CO)c21. The molecule has 0 fully saturated rings. The number of aliphatic hydroxyl groups excluding tert-OH is 1. The fraction of sp³-hybridized carbons (Fsp3) is 0.333. The maximum atomic E-state index is 9.50. The summed E-state index contributed by atoms with van der Waals surface area (Å²) in [4.78, 5) is 4.34. The summed E-state index contributed by atoms with van der Waals surface area (Å²) in [5, 5.41) is 14.9. The van der Waals surface area contributed by atoms with Gasteiger partial charge in [0.05, 0.1) is 18.7 Å². The summed E-state index contributed by atoms with van der Waals surface area (Å²) >= 11 is 0. The molecule has 0 aliphatic carbocycles. The summed E-state index contributed by atoms with van der Waals surface area (Å²) in [5.74, 6) is 0.922. The molecule has 3 aromatic rings. The van der Waals surface area contributed by atoms with Crippen LogP contribution in [0.1, 0.15) is 31.3 Å². The maximum absolute atomic E-state index is 9.50. The van der Waals surface area contributed by atoms with Crippen molar-refractivity contribution in [2.24, 2.45) is 0 Å². The molecule has 0 unspecified atom stereocenters. The van der Waals surface area contributed by atoms with Crippen LogP contribution in [0.25, 0.3) is 10.9 Å². The van der Waals surface area contributed by atoms with E-state index in [1.807, 2.05) is 23.0 Å². The average Bonchev–Trinajstić information content (AvgIpc) is 3.06. The highest BCUT2D eigenvalue weighted by atomic mass is 16.3. The Bertz CT molecular complexity index is 726. The van der Waals surface area contributed by atoms with Gasteiger partial charge in [-0.2, -0.15) is 5.10 Å². The summed E-state index contributed by atoms with van der Waals surface area (Å²) in [5.41, 5.74) is 2.00. The Morgan fingerprint density at radius 2 is 2.10 bits per heavy atom. The Hall–Kier alpha value is -2.14. The van der Waals surface area contributed by atoms with Crippen molar-refractivity contribution in [1.82, 2.24) is 19.3 Å². The lowest BCUT2D eigenvalue weighted by Gasteiger charge is -2.12. The topological polar surface area (TPSA) is 55.9 Å². The predicted octanol–water partition coefficient (Wildman–Crippen LogP) is 2.35. The number of nitrogens with zero attached hydrogens (tertiary/aromatic N) is 4. The van der Waals surface area contributed by atoms with Crippen LogP contribution in [0.2, 0.25) is 0 Å². The monoisotopic (exact) mass is 270 g/mol. The molecule has 5 nitrogen and oxygen atoms in total. The molecule has 2 aromatic heterocycles. The van der Waals surface area contributed by atoms with Gasteiger partial charge in [-0.25, -0.2) is 9.67 Å². The van der Waals surface area contributed by atoms with Crippen LogP contribution >= 0.6 is 0 Å². The van der Waals surface area contributed by atoms with Gasteiger partial charge in [0.1, 0.15) is 12.2 Å². The third kappa shape index (κ3) is 2.10. The van der Waals surface area contributed by atoms with Gasteiger partial charge >= 0.3 is 0 Å². The molecule has 3 rings (SSSR count). The van der Waals surface area contributed by atoms with E-state index in [0.29, 0.717) is 6.54 Å². The smallest absolute Gasteiger partial charge is 0.147 e.